The molecular weight excluding hydrogens is 845 g/mol. The molecule has 0 aliphatic carbocycles. The largest absolute Gasteiger partial charge is 0.310 e. The Balaban J connectivity index is 0.923. The number of fused-ring (bicyclic) bond motifs is 6. The Morgan fingerprint density at radius 2 is 0.729 bits per heavy atom. The summed E-state index contributed by atoms with van der Waals surface area (Å²) < 4.78 is 2.39. The van der Waals surface area contributed by atoms with Gasteiger partial charge in [0.25, 0.3) is 0 Å². The van der Waals surface area contributed by atoms with Crippen LogP contribution in [0, 0.1) is 0 Å². The van der Waals surface area contributed by atoms with E-state index in [4.69, 9.17) is 0 Å². The molecule has 1 heterocycles. The second-order valence-electron chi connectivity index (χ2n) is 18.1. The van der Waals surface area contributed by atoms with Crippen molar-refractivity contribution in [2.75, 3.05) is 4.90 Å². The normalized spacial score (nSPS) is 11.4. The van der Waals surface area contributed by atoms with E-state index in [1.807, 2.05) is 0 Å². The Bertz CT molecular complexity index is 4040. The molecule has 0 aliphatic heterocycles. The standard InChI is InChI=1S/C68H46N2/c1-3-16-47(17-4-1)51-19-13-20-52(44-51)48-34-39-58(40-35-48)69(59-41-36-49(37-42-59)53-38-43-61-56(45-53)33-32-50-18-7-8-25-60(50)61)65-29-11-9-26-62(65)54-21-14-22-55(46-54)63-28-15-31-67-68(63)64-27-10-12-30-66(64)70(67)57-23-5-2-6-24-57/h1-46H. The minimum atomic E-state index is 1.08. The van der Waals surface area contributed by atoms with Gasteiger partial charge in [-0.05, 0) is 144 Å². The molecule has 0 fully saturated rings. The van der Waals surface area contributed by atoms with Crippen LogP contribution in [0.25, 0.3) is 105 Å². The van der Waals surface area contributed by atoms with Crippen molar-refractivity contribution in [3.05, 3.63) is 279 Å². The second kappa shape index (κ2) is 17.4. The molecule has 0 saturated heterocycles. The maximum Gasteiger partial charge on any atom is 0.0547 e. The van der Waals surface area contributed by atoms with E-state index in [1.165, 1.54) is 87.9 Å². The molecule has 0 spiro atoms. The Hall–Kier alpha value is -9.24. The van der Waals surface area contributed by atoms with Gasteiger partial charge in [0.05, 0.1) is 16.7 Å². The first-order valence-electron chi connectivity index (χ1n) is 24.1. The van der Waals surface area contributed by atoms with Gasteiger partial charge in [0, 0.05) is 33.4 Å². The lowest BCUT2D eigenvalue weighted by Gasteiger charge is -2.28. The molecule has 0 radical (unpaired) electrons. The van der Waals surface area contributed by atoms with Crippen molar-refractivity contribution in [2.24, 2.45) is 0 Å². The number of anilines is 3. The summed E-state index contributed by atoms with van der Waals surface area (Å²) in [7, 11) is 0. The zero-order valence-corrected chi connectivity index (χ0v) is 38.5. The molecule has 70 heavy (non-hydrogen) atoms. The molecule has 328 valence electrons. The van der Waals surface area contributed by atoms with E-state index in [2.05, 4.69) is 289 Å². The quantitative estimate of drug-likeness (QED) is 0.131. The monoisotopic (exact) mass is 890 g/mol. The van der Waals surface area contributed by atoms with Crippen LogP contribution in [0.15, 0.2) is 279 Å². The van der Waals surface area contributed by atoms with Crippen LogP contribution in [-0.4, -0.2) is 4.57 Å². The number of para-hydroxylation sites is 3. The molecular formula is C68H46N2. The van der Waals surface area contributed by atoms with E-state index >= 15 is 0 Å². The van der Waals surface area contributed by atoms with Crippen LogP contribution in [0.2, 0.25) is 0 Å². The molecule has 13 aromatic rings. The summed E-state index contributed by atoms with van der Waals surface area (Å²) in [5, 5.41) is 7.55. The van der Waals surface area contributed by atoms with Gasteiger partial charge in [-0.3, -0.25) is 0 Å². The molecule has 1 aromatic heterocycles. The predicted molar refractivity (Wildman–Crippen MR) is 298 cm³/mol. The molecule has 0 N–H and O–H groups in total. The highest BCUT2D eigenvalue weighted by molar-refractivity contribution is 6.16. The van der Waals surface area contributed by atoms with E-state index in [0.717, 1.165) is 33.9 Å². The van der Waals surface area contributed by atoms with E-state index in [9.17, 15) is 0 Å². The van der Waals surface area contributed by atoms with Crippen molar-refractivity contribution in [3.8, 4) is 61.3 Å². The van der Waals surface area contributed by atoms with Gasteiger partial charge in [-0.1, -0.05) is 206 Å². The summed E-state index contributed by atoms with van der Waals surface area (Å²) in [5.41, 5.74) is 18.6. The van der Waals surface area contributed by atoms with E-state index in [1.54, 1.807) is 0 Å². The molecule has 0 unspecified atom stereocenters. The number of aromatic nitrogens is 1. The van der Waals surface area contributed by atoms with Crippen molar-refractivity contribution >= 4 is 60.4 Å². The summed E-state index contributed by atoms with van der Waals surface area (Å²) >= 11 is 0. The number of hydrogen-bond acceptors (Lipinski definition) is 1. The van der Waals surface area contributed by atoms with Gasteiger partial charge in [0.1, 0.15) is 0 Å². The molecule has 0 bridgehead atoms. The summed E-state index contributed by atoms with van der Waals surface area (Å²) in [6, 6.07) is 102. The van der Waals surface area contributed by atoms with Gasteiger partial charge in [0.15, 0.2) is 0 Å². The fraction of sp³-hybridized carbons (Fsp3) is 0. The molecule has 0 saturated carbocycles. The summed E-state index contributed by atoms with van der Waals surface area (Å²) in [4.78, 5) is 2.41. The molecule has 13 rings (SSSR count). The van der Waals surface area contributed by atoms with Gasteiger partial charge < -0.3 is 9.47 Å². The van der Waals surface area contributed by atoms with Crippen LogP contribution in [0.5, 0.6) is 0 Å². The highest BCUT2D eigenvalue weighted by atomic mass is 15.1. The molecule has 0 atom stereocenters. The summed E-state index contributed by atoms with van der Waals surface area (Å²) in [6.45, 7) is 0. The van der Waals surface area contributed by atoms with Crippen molar-refractivity contribution in [2.45, 2.75) is 0 Å². The minimum absolute atomic E-state index is 1.08. The molecule has 2 nitrogen and oxygen atoms in total. The molecule has 2 heteroatoms. The van der Waals surface area contributed by atoms with Crippen molar-refractivity contribution in [3.63, 3.8) is 0 Å². The van der Waals surface area contributed by atoms with Crippen LogP contribution >= 0.6 is 0 Å². The lowest BCUT2D eigenvalue weighted by molar-refractivity contribution is 1.18. The zero-order valence-electron chi connectivity index (χ0n) is 38.5. The number of nitrogens with zero attached hydrogens (tertiary/aromatic N) is 2. The van der Waals surface area contributed by atoms with Crippen LogP contribution in [0.1, 0.15) is 0 Å². The fourth-order valence-corrected chi connectivity index (χ4v) is 10.6. The van der Waals surface area contributed by atoms with Crippen molar-refractivity contribution in [1.29, 1.82) is 0 Å². The van der Waals surface area contributed by atoms with Crippen LogP contribution < -0.4 is 4.90 Å². The molecule has 12 aromatic carbocycles. The molecule has 0 amide bonds. The fourth-order valence-electron chi connectivity index (χ4n) is 10.6. The highest BCUT2D eigenvalue weighted by Crippen LogP contribution is 2.44. The highest BCUT2D eigenvalue weighted by Gasteiger charge is 2.20. The van der Waals surface area contributed by atoms with Crippen molar-refractivity contribution < 1.29 is 0 Å². The second-order valence-corrected chi connectivity index (χ2v) is 18.1. The number of rotatable bonds is 9. The average molecular weight is 891 g/mol. The Kier molecular flexibility index (Phi) is 10.2. The maximum atomic E-state index is 2.41. The van der Waals surface area contributed by atoms with Gasteiger partial charge in [-0.2, -0.15) is 0 Å². The van der Waals surface area contributed by atoms with Crippen LogP contribution in [0.4, 0.5) is 17.1 Å². The van der Waals surface area contributed by atoms with Crippen LogP contribution in [0.3, 0.4) is 0 Å². The van der Waals surface area contributed by atoms with Crippen LogP contribution in [-0.2, 0) is 0 Å². The third-order valence-electron chi connectivity index (χ3n) is 14.0. The maximum absolute atomic E-state index is 2.41. The lowest BCUT2D eigenvalue weighted by Crippen LogP contribution is -2.11. The third-order valence-corrected chi connectivity index (χ3v) is 14.0. The van der Waals surface area contributed by atoms with Gasteiger partial charge >= 0.3 is 0 Å². The van der Waals surface area contributed by atoms with Gasteiger partial charge in [0.2, 0.25) is 0 Å². The van der Waals surface area contributed by atoms with Gasteiger partial charge in [-0.25, -0.2) is 0 Å². The smallest absolute Gasteiger partial charge is 0.0547 e. The first-order valence-corrected chi connectivity index (χ1v) is 24.1. The topological polar surface area (TPSA) is 8.17 Å². The molecule has 0 aliphatic rings. The Morgan fingerprint density at radius 1 is 0.257 bits per heavy atom. The Morgan fingerprint density at radius 3 is 1.47 bits per heavy atom. The third kappa shape index (κ3) is 7.31. The zero-order chi connectivity index (χ0) is 46.4. The Labute approximate surface area is 408 Å². The minimum Gasteiger partial charge on any atom is -0.310 e. The van der Waals surface area contributed by atoms with Gasteiger partial charge in [-0.15, -0.1) is 0 Å². The first-order chi connectivity index (χ1) is 34.7. The first kappa shape index (κ1) is 41.0. The predicted octanol–water partition coefficient (Wildman–Crippen LogP) is 18.9. The summed E-state index contributed by atoms with van der Waals surface area (Å²) in [6.07, 6.45) is 0. The summed E-state index contributed by atoms with van der Waals surface area (Å²) in [5.74, 6) is 0. The average Bonchev–Trinajstić information content (AvgIpc) is 3.79. The van der Waals surface area contributed by atoms with E-state index in [-0.39, 0.29) is 0 Å². The number of benzene rings is 12. The van der Waals surface area contributed by atoms with E-state index in [0.29, 0.717) is 0 Å². The van der Waals surface area contributed by atoms with E-state index < -0.39 is 0 Å². The van der Waals surface area contributed by atoms with Crippen molar-refractivity contribution in [1.82, 2.24) is 4.57 Å². The number of hydrogen-bond donors (Lipinski definition) is 0. The SMILES string of the molecule is c1ccc(-c2cccc(-c3ccc(N(c4ccc(-c5ccc6c(ccc7ccccc76)c5)cc4)c4ccccc4-c4cccc(-c5cccc6c5c5ccccc5n6-c5ccccc5)c4)cc3)c2)cc1. The lowest BCUT2D eigenvalue weighted by atomic mass is 9.94.